The van der Waals surface area contributed by atoms with Gasteiger partial charge in [-0.2, -0.15) is 0 Å². The van der Waals surface area contributed by atoms with Crippen LogP contribution in [0.3, 0.4) is 0 Å². The fraction of sp³-hybridized carbons (Fsp3) is 0.278. The summed E-state index contributed by atoms with van der Waals surface area (Å²) in [5, 5.41) is 14.3. The van der Waals surface area contributed by atoms with Crippen LogP contribution in [0.1, 0.15) is 40.3 Å². The molecule has 0 fully saturated rings. The van der Waals surface area contributed by atoms with Crippen molar-refractivity contribution in [2.75, 3.05) is 5.32 Å². The van der Waals surface area contributed by atoms with E-state index < -0.39 is 23.8 Å². The fourth-order valence-corrected chi connectivity index (χ4v) is 2.23. The number of aliphatic carboxylic acids is 1. The second-order valence-electron chi connectivity index (χ2n) is 5.99. The molecule has 1 atom stereocenters. The van der Waals surface area contributed by atoms with E-state index in [1.165, 1.54) is 18.4 Å². The molecule has 1 aromatic carbocycles. The number of anilines is 1. The van der Waals surface area contributed by atoms with Crippen molar-refractivity contribution in [3.05, 3.63) is 53.5 Å². The number of carboxylic acid groups (broad SMARTS) is 1. The molecule has 1 aromatic heterocycles. The van der Waals surface area contributed by atoms with Gasteiger partial charge < -0.3 is 20.2 Å². The molecule has 2 amide bonds. The molecule has 0 spiro atoms. The maximum atomic E-state index is 12.3. The van der Waals surface area contributed by atoms with Gasteiger partial charge in [0.25, 0.3) is 11.8 Å². The summed E-state index contributed by atoms with van der Waals surface area (Å²) in [5.41, 5.74) is 1.47. The molecule has 0 aliphatic carbocycles. The number of carboxylic acids is 1. The van der Waals surface area contributed by atoms with Crippen LogP contribution in [0.5, 0.6) is 0 Å². The molecule has 0 aliphatic rings. The Balaban J connectivity index is 2.18. The number of benzene rings is 1. The van der Waals surface area contributed by atoms with Gasteiger partial charge in [0, 0.05) is 11.3 Å². The molecule has 2 aromatic rings. The van der Waals surface area contributed by atoms with Crippen LogP contribution in [0.4, 0.5) is 5.69 Å². The third-order valence-electron chi connectivity index (χ3n) is 3.71. The molecule has 0 aliphatic heterocycles. The Morgan fingerprint density at radius 1 is 1.12 bits per heavy atom. The Hall–Kier alpha value is -3.09. The van der Waals surface area contributed by atoms with E-state index in [1.807, 2.05) is 0 Å². The molecule has 3 N–H and O–H groups in total. The molecule has 25 heavy (non-hydrogen) atoms. The minimum Gasteiger partial charge on any atom is -0.480 e. The largest absolute Gasteiger partial charge is 0.480 e. The van der Waals surface area contributed by atoms with Crippen molar-refractivity contribution in [2.24, 2.45) is 5.92 Å². The first-order valence-electron chi connectivity index (χ1n) is 7.78. The van der Waals surface area contributed by atoms with Gasteiger partial charge in [-0.25, -0.2) is 4.79 Å². The summed E-state index contributed by atoms with van der Waals surface area (Å²) in [7, 11) is 0. The van der Waals surface area contributed by atoms with Crippen LogP contribution in [0, 0.1) is 12.8 Å². The van der Waals surface area contributed by atoms with E-state index >= 15 is 0 Å². The Morgan fingerprint density at radius 3 is 2.40 bits per heavy atom. The number of hydrogen-bond donors (Lipinski definition) is 3. The summed E-state index contributed by atoms with van der Waals surface area (Å²) in [4.78, 5) is 35.6. The number of nitrogens with one attached hydrogen (secondary N) is 2. The summed E-state index contributed by atoms with van der Waals surface area (Å²) in [6.45, 7) is 5.21. The fourth-order valence-electron chi connectivity index (χ4n) is 2.23. The standard InChI is InChI=1S/C18H20N2O5/c1-10(2)15(18(23)24)20-16(21)12-7-6-11(3)13(9-12)19-17(22)14-5-4-8-25-14/h4-10,15H,1-3H3,(H,19,22)(H,20,21)(H,23,24). The van der Waals surface area contributed by atoms with Gasteiger partial charge in [0.05, 0.1) is 6.26 Å². The Bertz CT molecular complexity index is 781. The molecule has 1 heterocycles. The SMILES string of the molecule is Cc1ccc(C(=O)NC(C(=O)O)C(C)C)cc1NC(=O)c1ccco1. The van der Waals surface area contributed by atoms with Crippen LogP contribution in [0.15, 0.2) is 41.0 Å². The summed E-state index contributed by atoms with van der Waals surface area (Å²) in [6.07, 6.45) is 1.39. The lowest BCUT2D eigenvalue weighted by molar-refractivity contribution is -0.140. The van der Waals surface area contributed by atoms with Crippen molar-refractivity contribution in [1.29, 1.82) is 0 Å². The molecule has 0 bridgehead atoms. The highest BCUT2D eigenvalue weighted by atomic mass is 16.4. The summed E-state index contributed by atoms with van der Waals surface area (Å²) in [5.74, 6) is -2.15. The highest BCUT2D eigenvalue weighted by Gasteiger charge is 2.24. The highest BCUT2D eigenvalue weighted by Crippen LogP contribution is 2.18. The lowest BCUT2D eigenvalue weighted by Crippen LogP contribution is -2.44. The third kappa shape index (κ3) is 4.47. The summed E-state index contributed by atoms with van der Waals surface area (Å²) < 4.78 is 5.03. The van der Waals surface area contributed by atoms with Crippen molar-refractivity contribution in [3.63, 3.8) is 0 Å². The molecule has 2 rings (SSSR count). The first kappa shape index (κ1) is 18.3. The minimum atomic E-state index is -1.10. The van der Waals surface area contributed by atoms with E-state index in [9.17, 15) is 19.5 Å². The predicted molar refractivity (Wildman–Crippen MR) is 91.6 cm³/mol. The van der Waals surface area contributed by atoms with Gasteiger partial charge in [0.1, 0.15) is 6.04 Å². The lowest BCUT2D eigenvalue weighted by atomic mass is 10.0. The lowest BCUT2D eigenvalue weighted by Gasteiger charge is -2.18. The number of hydrogen-bond acceptors (Lipinski definition) is 4. The Kier molecular flexibility index (Phi) is 5.59. The smallest absolute Gasteiger partial charge is 0.326 e. The molecule has 0 saturated heterocycles. The van der Waals surface area contributed by atoms with Gasteiger partial charge in [0.2, 0.25) is 0 Å². The second kappa shape index (κ2) is 7.65. The topological polar surface area (TPSA) is 109 Å². The van der Waals surface area contributed by atoms with Gasteiger partial charge >= 0.3 is 5.97 Å². The molecule has 7 nitrogen and oxygen atoms in total. The second-order valence-corrected chi connectivity index (χ2v) is 5.99. The van der Waals surface area contributed by atoms with Crippen molar-refractivity contribution in [3.8, 4) is 0 Å². The van der Waals surface area contributed by atoms with E-state index in [4.69, 9.17) is 4.42 Å². The van der Waals surface area contributed by atoms with Crippen LogP contribution in [0.2, 0.25) is 0 Å². The minimum absolute atomic E-state index is 0.153. The number of carbonyl (C=O) groups is 3. The van der Waals surface area contributed by atoms with Crippen LogP contribution in [-0.2, 0) is 4.79 Å². The number of rotatable bonds is 6. The molecular weight excluding hydrogens is 324 g/mol. The molecule has 132 valence electrons. The number of carbonyl (C=O) groups excluding carboxylic acids is 2. The Morgan fingerprint density at radius 2 is 1.84 bits per heavy atom. The first-order chi connectivity index (χ1) is 11.8. The summed E-state index contributed by atoms with van der Waals surface area (Å²) in [6, 6.07) is 6.90. The molecule has 0 saturated carbocycles. The van der Waals surface area contributed by atoms with Crippen molar-refractivity contribution in [1.82, 2.24) is 5.32 Å². The van der Waals surface area contributed by atoms with Crippen LogP contribution in [-0.4, -0.2) is 28.9 Å². The van der Waals surface area contributed by atoms with Gasteiger partial charge in [-0.3, -0.25) is 9.59 Å². The predicted octanol–water partition coefficient (Wildman–Crippen LogP) is 2.68. The number of furan rings is 1. The van der Waals surface area contributed by atoms with Crippen molar-refractivity contribution in [2.45, 2.75) is 26.8 Å². The average Bonchev–Trinajstić information content (AvgIpc) is 3.08. The highest BCUT2D eigenvalue weighted by molar-refractivity contribution is 6.04. The molecule has 7 heteroatoms. The Labute approximate surface area is 145 Å². The maximum absolute atomic E-state index is 12.3. The quantitative estimate of drug-likeness (QED) is 0.746. The van der Waals surface area contributed by atoms with Crippen LogP contribution < -0.4 is 10.6 Å². The number of aryl methyl sites for hydroxylation is 1. The zero-order valence-corrected chi connectivity index (χ0v) is 14.2. The molecule has 1 unspecified atom stereocenters. The van der Waals surface area contributed by atoms with E-state index in [-0.39, 0.29) is 17.2 Å². The van der Waals surface area contributed by atoms with Crippen LogP contribution in [0.25, 0.3) is 0 Å². The third-order valence-corrected chi connectivity index (χ3v) is 3.71. The zero-order chi connectivity index (χ0) is 18.6. The van der Waals surface area contributed by atoms with E-state index in [0.717, 1.165) is 5.56 Å². The van der Waals surface area contributed by atoms with Crippen molar-refractivity contribution >= 4 is 23.5 Å². The monoisotopic (exact) mass is 344 g/mol. The number of amides is 2. The molecule has 0 radical (unpaired) electrons. The summed E-state index contributed by atoms with van der Waals surface area (Å²) >= 11 is 0. The van der Waals surface area contributed by atoms with Crippen LogP contribution >= 0.6 is 0 Å². The first-order valence-corrected chi connectivity index (χ1v) is 7.78. The van der Waals surface area contributed by atoms with Gasteiger partial charge in [0.15, 0.2) is 5.76 Å². The molecular formula is C18H20N2O5. The van der Waals surface area contributed by atoms with E-state index in [2.05, 4.69) is 10.6 Å². The van der Waals surface area contributed by atoms with Gasteiger partial charge in [-0.1, -0.05) is 19.9 Å². The van der Waals surface area contributed by atoms with E-state index in [1.54, 1.807) is 39.0 Å². The average molecular weight is 344 g/mol. The van der Waals surface area contributed by atoms with Gasteiger partial charge in [-0.15, -0.1) is 0 Å². The normalized spacial score (nSPS) is 11.8. The maximum Gasteiger partial charge on any atom is 0.326 e. The zero-order valence-electron chi connectivity index (χ0n) is 14.2. The van der Waals surface area contributed by atoms with Gasteiger partial charge in [-0.05, 0) is 42.7 Å². The van der Waals surface area contributed by atoms with E-state index in [0.29, 0.717) is 5.69 Å². The van der Waals surface area contributed by atoms with Crippen molar-refractivity contribution < 1.29 is 23.9 Å².